The summed E-state index contributed by atoms with van der Waals surface area (Å²) in [5.74, 6) is 0. The molecule has 0 radical (unpaired) electrons. The lowest BCUT2D eigenvalue weighted by atomic mass is 10.8. The maximum Gasteiger partial charge on any atom is 0.0434 e. The van der Waals surface area contributed by atoms with Gasteiger partial charge in [0.2, 0.25) is 0 Å². The minimum Gasteiger partial charge on any atom is -0.464 e. The predicted molar refractivity (Wildman–Crippen MR) is 23.4 cm³/mol. The van der Waals surface area contributed by atoms with Crippen LogP contribution in [-0.4, -0.2) is 25.6 Å². The Morgan fingerprint density at radius 2 is 1.20 bits per heavy atom. The fraction of sp³-hybridized carbons (Fsp3) is 0.750. The van der Waals surface area contributed by atoms with Crippen LogP contribution in [0.4, 0.5) is 0 Å². The minimum absolute atomic E-state index is 0.750. The second kappa shape index (κ2) is 0.977. The topological polar surface area (TPSA) is 0 Å². The molecule has 0 aromatic rings. The average Bonchev–Trinajstić information content (AvgIpc) is 0.722. The number of hydrogen-bond donors (Lipinski definition) is 0. The Hall–Kier alpha value is -0.0400. The third-order valence-electron chi connectivity index (χ3n) is 0. The molecule has 0 saturated heterocycles. The third kappa shape index (κ3) is 9510. The largest absolute Gasteiger partial charge is 0.464 e. The van der Waals surface area contributed by atoms with Gasteiger partial charge in [-0.15, -0.1) is 7.05 Å². The monoisotopic (exact) mass is 73.1 g/mol. The van der Waals surface area contributed by atoms with E-state index in [-0.39, 0.29) is 0 Å². The first-order valence-corrected chi connectivity index (χ1v) is 1.66. The number of quaternary nitrogens is 1. The molecule has 0 fully saturated rings. The summed E-state index contributed by atoms with van der Waals surface area (Å²) in [4.78, 5) is 0. The Morgan fingerprint density at radius 3 is 1.20 bits per heavy atom. The molecule has 0 aliphatic carbocycles. The second-order valence-electron chi connectivity index (χ2n) is 2.29. The summed E-state index contributed by atoms with van der Waals surface area (Å²) in [6, 6.07) is 0. The van der Waals surface area contributed by atoms with E-state index in [0.29, 0.717) is 0 Å². The molecular formula is C4H11N. The fourth-order valence-corrected chi connectivity index (χ4v) is 0. The molecule has 0 heterocycles. The average molecular weight is 73.1 g/mol. The highest BCUT2D eigenvalue weighted by Gasteiger charge is 1.78. The SMILES string of the molecule is [CH2-][N+](C)(C)C. The Kier molecular flexibility index (Phi) is 0.969. The van der Waals surface area contributed by atoms with Crippen molar-refractivity contribution in [1.29, 1.82) is 0 Å². The van der Waals surface area contributed by atoms with Crippen molar-refractivity contribution in [3.63, 3.8) is 0 Å². The normalized spacial score (nSPS) is 12.0. The number of nitrogens with zero attached hydrogens (tertiary/aromatic N) is 1. The zero-order chi connectivity index (χ0) is 4.50. The quantitative estimate of drug-likeness (QED) is 0.289. The molecule has 0 spiro atoms. The van der Waals surface area contributed by atoms with Gasteiger partial charge in [-0.2, -0.15) is 0 Å². The number of hydrogen-bond acceptors (Lipinski definition) is 0. The highest BCUT2D eigenvalue weighted by atomic mass is 15.2. The zero-order valence-corrected chi connectivity index (χ0v) is 4.15. The van der Waals surface area contributed by atoms with E-state index < -0.39 is 0 Å². The van der Waals surface area contributed by atoms with Crippen LogP contribution in [0, 0.1) is 7.05 Å². The first kappa shape index (κ1) is 4.96. The Labute approximate surface area is 33.8 Å². The third-order valence-corrected chi connectivity index (χ3v) is 0. The standard InChI is InChI=1S/C4H11N/c1-5(2,3)4/h1H2,2-4H3. The van der Waals surface area contributed by atoms with E-state index >= 15 is 0 Å². The lowest BCUT2D eigenvalue weighted by molar-refractivity contribution is -0.823. The van der Waals surface area contributed by atoms with Gasteiger partial charge >= 0.3 is 0 Å². The summed E-state index contributed by atoms with van der Waals surface area (Å²) in [5, 5.41) is 0. The van der Waals surface area contributed by atoms with Crippen LogP contribution in [0.2, 0.25) is 0 Å². The summed E-state index contributed by atoms with van der Waals surface area (Å²) < 4.78 is 0.750. The Balaban J connectivity index is 3.02. The van der Waals surface area contributed by atoms with Crippen LogP contribution in [0.5, 0.6) is 0 Å². The van der Waals surface area contributed by atoms with Crippen molar-refractivity contribution in [2.45, 2.75) is 0 Å². The molecule has 1 heteroatoms. The van der Waals surface area contributed by atoms with Crippen molar-refractivity contribution in [3.05, 3.63) is 7.05 Å². The molecule has 0 amide bonds. The maximum absolute atomic E-state index is 3.71. The van der Waals surface area contributed by atoms with Crippen LogP contribution >= 0.6 is 0 Å². The van der Waals surface area contributed by atoms with Gasteiger partial charge in [0.1, 0.15) is 0 Å². The summed E-state index contributed by atoms with van der Waals surface area (Å²) >= 11 is 0. The van der Waals surface area contributed by atoms with Crippen molar-refractivity contribution in [2.24, 2.45) is 0 Å². The molecule has 0 aliphatic heterocycles. The van der Waals surface area contributed by atoms with E-state index in [0.717, 1.165) is 4.48 Å². The molecule has 1 nitrogen and oxygen atoms in total. The Bertz CT molecular complexity index is 19.1. The first-order valence-electron chi connectivity index (χ1n) is 1.66. The summed E-state index contributed by atoms with van der Waals surface area (Å²) in [6.07, 6.45) is 0. The lowest BCUT2D eigenvalue weighted by Gasteiger charge is -2.25. The van der Waals surface area contributed by atoms with Crippen LogP contribution in [-0.2, 0) is 0 Å². The summed E-state index contributed by atoms with van der Waals surface area (Å²) in [7, 11) is 9.75. The van der Waals surface area contributed by atoms with E-state index in [9.17, 15) is 0 Å². The molecule has 32 valence electrons. The first-order chi connectivity index (χ1) is 2.00. The van der Waals surface area contributed by atoms with Gasteiger partial charge in [0.05, 0.1) is 0 Å². The van der Waals surface area contributed by atoms with Gasteiger partial charge in [0.25, 0.3) is 0 Å². The van der Waals surface area contributed by atoms with Gasteiger partial charge in [0, 0.05) is 21.1 Å². The van der Waals surface area contributed by atoms with E-state index in [1.807, 2.05) is 21.1 Å². The maximum atomic E-state index is 3.71. The minimum atomic E-state index is 0.750. The fourth-order valence-electron chi connectivity index (χ4n) is 0. The molecule has 0 saturated carbocycles. The molecule has 0 atom stereocenters. The molecule has 0 aliphatic rings. The predicted octanol–water partition coefficient (Wildman–Crippen LogP) is 0.484. The van der Waals surface area contributed by atoms with E-state index in [1.165, 1.54) is 0 Å². The van der Waals surface area contributed by atoms with Gasteiger partial charge < -0.3 is 4.48 Å². The summed E-state index contributed by atoms with van der Waals surface area (Å²) in [5.41, 5.74) is 0. The molecule has 0 rings (SSSR count). The van der Waals surface area contributed by atoms with Crippen LogP contribution in [0.15, 0.2) is 0 Å². The van der Waals surface area contributed by atoms with Gasteiger partial charge in [-0.1, -0.05) is 0 Å². The van der Waals surface area contributed by atoms with Gasteiger partial charge in [-0.3, -0.25) is 0 Å². The smallest absolute Gasteiger partial charge is 0.0434 e. The van der Waals surface area contributed by atoms with Crippen LogP contribution in [0.1, 0.15) is 0 Å². The molecule has 5 heavy (non-hydrogen) atoms. The van der Waals surface area contributed by atoms with Crippen LogP contribution in [0.3, 0.4) is 0 Å². The van der Waals surface area contributed by atoms with Crippen molar-refractivity contribution in [3.8, 4) is 0 Å². The highest BCUT2D eigenvalue weighted by molar-refractivity contribution is 4.00. The Morgan fingerprint density at radius 1 is 1.20 bits per heavy atom. The van der Waals surface area contributed by atoms with Crippen molar-refractivity contribution < 1.29 is 4.48 Å². The zero-order valence-electron chi connectivity index (χ0n) is 4.15. The van der Waals surface area contributed by atoms with Crippen molar-refractivity contribution in [1.82, 2.24) is 0 Å². The molecule has 0 aromatic carbocycles. The van der Waals surface area contributed by atoms with Crippen LogP contribution in [0.25, 0.3) is 0 Å². The summed E-state index contributed by atoms with van der Waals surface area (Å²) in [6.45, 7) is 0. The van der Waals surface area contributed by atoms with E-state index in [4.69, 9.17) is 0 Å². The second-order valence-corrected chi connectivity index (χ2v) is 2.29. The van der Waals surface area contributed by atoms with E-state index in [2.05, 4.69) is 7.05 Å². The van der Waals surface area contributed by atoms with E-state index in [1.54, 1.807) is 0 Å². The molecule has 0 bridgehead atoms. The van der Waals surface area contributed by atoms with Gasteiger partial charge in [-0.05, 0) is 0 Å². The molecule has 0 aromatic heterocycles. The van der Waals surface area contributed by atoms with Gasteiger partial charge in [0.15, 0.2) is 0 Å². The molecule has 0 unspecified atom stereocenters. The van der Waals surface area contributed by atoms with Crippen molar-refractivity contribution >= 4 is 0 Å². The lowest BCUT2D eigenvalue weighted by Crippen LogP contribution is -2.24. The van der Waals surface area contributed by atoms with Crippen molar-refractivity contribution in [2.75, 3.05) is 21.1 Å². The van der Waals surface area contributed by atoms with Gasteiger partial charge in [-0.25, -0.2) is 0 Å². The number of rotatable bonds is 0. The molecular weight excluding hydrogens is 62.1 g/mol. The molecule has 0 N–H and O–H groups in total. The van der Waals surface area contributed by atoms with Crippen LogP contribution < -0.4 is 0 Å². The highest BCUT2D eigenvalue weighted by Crippen LogP contribution is 1.77.